The Kier molecular flexibility index (Phi) is 6.06. The minimum atomic E-state index is -0.620. The van der Waals surface area contributed by atoms with E-state index in [4.69, 9.17) is 4.74 Å². The number of carbonyl (C=O) groups excluding carboxylic acids is 2. The first kappa shape index (κ1) is 21.4. The zero-order chi connectivity index (χ0) is 21.3. The summed E-state index contributed by atoms with van der Waals surface area (Å²) >= 11 is 0. The first-order chi connectivity index (χ1) is 13.6. The van der Waals surface area contributed by atoms with Crippen molar-refractivity contribution in [2.75, 3.05) is 6.54 Å². The molecule has 5 heteroatoms. The molecule has 0 bridgehead atoms. The molecular weight excluding hydrogens is 364 g/mol. The minimum absolute atomic E-state index is 0.0379. The maximum absolute atomic E-state index is 13.3. The second-order valence-electron chi connectivity index (χ2n) is 9.63. The first-order valence-corrected chi connectivity index (χ1v) is 10.7. The molecule has 1 aliphatic carbocycles. The van der Waals surface area contributed by atoms with Crippen LogP contribution in [0.4, 0.5) is 4.79 Å². The van der Waals surface area contributed by atoms with E-state index >= 15 is 0 Å². The van der Waals surface area contributed by atoms with Crippen molar-refractivity contribution in [3.8, 4) is 0 Å². The average Bonchev–Trinajstić information content (AvgIpc) is 2.98. The molecule has 0 radical (unpaired) electrons. The highest BCUT2D eigenvalue weighted by Gasteiger charge is 2.38. The van der Waals surface area contributed by atoms with Crippen molar-refractivity contribution < 1.29 is 14.3 Å². The number of benzene rings is 1. The van der Waals surface area contributed by atoms with Gasteiger partial charge in [-0.3, -0.25) is 4.79 Å². The summed E-state index contributed by atoms with van der Waals surface area (Å²) in [6.07, 6.45) is 2.16. The van der Waals surface area contributed by atoms with E-state index in [0.29, 0.717) is 12.5 Å². The van der Waals surface area contributed by atoms with Crippen LogP contribution in [0.5, 0.6) is 0 Å². The number of hydrogen-bond donors (Lipinski definition) is 1. The van der Waals surface area contributed by atoms with Gasteiger partial charge in [-0.25, -0.2) is 4.79 Å². The van der Waals surface area contributed by atoms with Gasteiger partial charge in [-0.05, 0) is 75.1 Å². The molecular formula is C24H34N2O3. The van der Waals surface area contributed by atoms with Gasteiger partial charge in [0.15, 0.2) is 0 Å². The number of nitrogens with one attached hydrogen (secondary N) is 1. The van der Waals surface area contributed by atoms with Crippen LogP contribution in [0.15, 0.2) is 29.8 Å². The van der Waals surface area contributed by atoms with Crippen LogP contribution in [-0.4, -0.2) is 41.1 Å². The van der Waals surface area contributed by atoms with Crippen LogP contribution in [0.2, 0.25) is 0 Å². The van der Waals surface area contributed by atoms with Crippen molar-refractivity contribution in [2.45, 2.75) is 78.5 Å². The lowest BCUT2D eigenvalue weighted by atomic mass is 9.87. The summed E-state index contributed by atoms with van der Waals surface area (Å²) in [7, 11) is 0. The third-order valence-electron chi connectivity index (χ3n) is 5.57. The third-order valence-corrected chi connectivity index (χ3v) is 5.57. The zero-order valence-corrected chi connectivity index (χ0v) is 18.5. The van der Waals surface area contributed by atoms with E-state index < -0.39 is 17.7 Å². The van der Waals surface area contributed by atoms with Crippen molar-refractivity contribution in [2.24, 2.45) is 5.92 Å². The normalized spacial score (nSPS) is 19.7. The molecule has 0 aromatic heterocycles. The zero-order valence-electron chi connectivity index (χ0n) is 18.5. The largest absolute Gasteiger partial charge is 0.444 e. The van der Waals surface area contributed by atoms with Crippen LogP contribution in [0.3, 0.4) is 0 Å². The first-order valence-electron chi connectivity index (χ1n) is 10.7. The quantitative estimate of drug-likeness (QED) is 0.809. The molecule has 0 fully saturated rings. The smallest absolute Gasteiger partial charge is 0.408 e. The number of fused-ring (bicyclic) bond motifs is 2. The van der Waals surface area contributed by atoms with E-state index in [9.17, 15) is 9.59 Å². The summed E-state index contributed by atoms with van der Waals surface area (Å²) in [4.78, 5) is 27.4. The van der Waals surface area contributed by atoms with Crippen LogP contribution < -0.4 is 5.32 Å². The van der Waals surface area contributed by atoms with Crippen molar-refractivity contribution in [3.05, 3.63) is 41.0 Å². The summed E-state index contributed by atoms with van der Waals surface area (Å²) in [5.74, 6) is 0.434. The summed E-state index contributed by atoms with van der Waals surface area (Å²) in [6, 6.07) is 8.04. The minimum Gasteiger partial charge on any atom is -0.444 e. The van der Waals surface area contributed by atoms with Gasteiger partial charge in [0.2, 0.25) is 5.91 Å². The van der Waals surface area contributed by atoms with Gasteiger partial charge >= 0.3 is 6.09 Å². The highest BCUT2D eigenvalue weighted by molar-refractivity contribution is 5.88. The Morgan fingerprint density at radius 3 is 2.55 bits per heavy atom. The molecule has 1 aliphatic heterocycles. The molecule has 2 amide bonds. The number of alkyl carbamates (subject to hydrolysis) is 1. The lowest BCUT2D eigenvalue weighted by Crippen LogP contribution is -2.53. The predicted octanol–water partition coefficient (Wildman–Crippen LogP) is 4.56. The Labute approximate surface area is 174 Å². The number of rotatable bonds is 4. The lowest BCUT2D eigenvalue weighted by molar-refractivity contribution is -0.135. The van der Waals surface area contributed by atoms with Gasteiger partial charge in [0.25, 0.3) is 0 Å². The molecule has 1 aromatic rings. The van der Waals surface area contributed by atoms with Crippen molar-refractivity contribution in [1.29, 1.82) is 0 Å². The van der Waals surface area contributed by atoms with Gasteiger partial charge in [0.05, 0.1) is 6.04 Å². The van der Waals surface area contributed by atoms with E-state index in [2.05, 4.69) is 43.4 Å². The van der Waals surface area contributed by atoms with E-state index in [1.54, 1.807) is 6.92 Å². The van der Waals surface area contributed by atoms with Crippen LogP contribution in [0.25, 0.3) is 5.57 Å². The summed E-state index contributed by atoms with van der Waals surface area (Å²) < 4.78 is 5.32. The molecule has 0 saturated heterocycles. The number of carbonyl (C=O) groups is 2. The van der Waals surface area contributed by atoms with E-state index in [0.717, 1.165) is 19.3 Å². The Morgan fingerprint density at radius 2 is 1.90 bits per heavy atom. The molecule has 1 heterocycles. The molecule has 2 atom stereocenters. The Bertz CT molecular complexity index is 820. The summed E-state index contributed by atoms with van der Waals surface area (Å²) in [6.45, 7) is 12.3. The van der Waals surface area contributed by atoms with Crippen LogP contribution >= 0.6 is 0 Å². The monoisotopic (exact) mass is 398 g/mol. The molecule has 158 valence electrons. The maximum Gasteiger partial charge on any atom is 0.408 e. The predicted molar refractivity (Wildman–Crippen MR) is 115 cm³/mol. The number of amides is 2. The van der Waals surface area contributed by atoms with Crippen molar-refractivity contribution >= 4 is 17.6 Å². The number of ether oxygens (including phenoxy) is 1. The van der Waals surface area contributed by atoms with E-state index in [1.165, 1.54) is 22.3 Å². The Balaban J connectivity index is 1.79. The molecule has 0 spiro atoms. The molecule has 3 rings (SSSR count). The summed E-state index contributed by atoms with van der Waals surface area (Å²) in [5, 5.41) is 2.72. The van der Waals surface area contributed by atoms with Gasteiger partial charge < -0.3 is 15.0 Å². The third kappa shape index (κ3) is 4.82. The molecule has 5 nitrogen and oxygen atoms in total. The molecule has 1 N–H and O–H groups in total. The standard InChI is InChI=1S/C24H34N2O3/c1-15(2)13-21-20-14-17-9-7-8-10-18(17)19(20)11-12-26(21)22(27)16(3)25-23(28)29-24(4,5)6/h7-10,15-16,21H,11-14H2,1-6H3,(H,25,28)/t16-,21?/m1/s1. The fourth-order valence-electron chi connectivity index (χ4n) is 4.42. The second kappa shape index (κ2) is 8.21. The fourth-order valence-corrected chi connectivity index (χ4v) is 4.42. The van der Waals surface area contributed by atoms with Gasteiger partial charge in [0, 0.05) is 6.54 Å². The highest BCUT2D eigenvalue weighted by atomic mass is 16.6. The summed E-state index contributed by atoms with van der Waals surface area (Å²) in [5.41, 5.74) is 4.92. The molecule has 0 saturated carbocycles. The van der Waals surface area contributed by atoms with Gasteiger partial charge in [-0.1, -0.05) is 38.1 Å². The number of nitrogens with zero attached hydrogens (tertiary/aromatic N) is 1. The molecule has 1 aromatic carbocycles. The van der Waals surface area contributed by atoms with Gasteiger partial charge in [-0.2, -0.15) is 0 Å². The number of hydrogen-bond acceptors (Lipinski definition) is 3. The lowest BCUT2D eigenvalue weighted by Gasteiger charge is -2.40. The second-order valence-corrected chi connectivity index (χ2v) is 9.63. The highest BCUT2D eigenvalue weighted by Crippen LogP contribution is 2.42. The van der Waals surface area contributed by atoms with Crippen molar-refractivity contribution in [3.63, 3.8) is 0 Å². The van der Waals surface area contributed by atoms with E-state index in [1.807, 2.05) is 25.7 Å². The topological polar surface area (TPSA) is 58.6 Å². The molecule has 2 aliphatic rings. The van der Waals surface area contributed by atoms with Gasteiger partial charge in [-0.15, -0.1) is 0 Å². The van der Waals surface area contributed by atoms with E-state index in [-0.39, 0.29) is 11.9 Å². The molecule has 29 heavy (non-hydrogen) atoms. The van der Waals surface area contributed by atoms with Crippen molar-refractivity contribution in [1.82, 2.24) is 10.2 Å². The average molecular weight is 399 g/mol. The maximum atomic E-state index is 13.3. The Morgan fingerprint density at radius 1 is 1.21 bits per heavy atom. The van der Waals surface area contributed by atoms with Crippen LogP contribution in [0.1, 0.15) is 65.5 Å². The van der Waals surface area contributed by atoms with Crippen LogP contribution in [-0.2, 0) is 16.0 Å². The molecule has 1 unspecified atom stereocenters. The SMILES string of the molecule is CC(C)CC1C2=C(CCN1C(=O)[C@@H](C)NC(=O)OC(C)(C)C)c1ccccc1C2. The van der Waals surface area contributed by atoms with Crippen LogP contribution in [0, 0.1) is 5.92 Å². The fraction of sp³-hybridized carbons (Fsp3) is 0.583. The van der Waals surface area contributed by atoms with Gasteiger partial charge in [0.1, 0.15) is 11.6 Å². The Hall–Kier alpha value is -2.30.